The van der Waals surface area contributed by atoms with Gasteiger partial charge in [-0.05, 0) is 12.1 Å². The Hall–Kier alpha value is -1.63. The van der Waals surface area contributed by atoms with Gasteiger partial charge in [0.25, 0.3) is 5.91 Å². The van der Waals surface area contributed by atoms with E-state index in [-0.39, 0.29) is 5.56 Å². The highest BCUT2D eigenvalue weighted by atomic mass is 32.2. The van der Waals surface area contributed by atoms with Crippen LogP contribution in [0.15, 0.2) is 12.1 Å². The second-order valence-corrected chi connectivity index (χ2v) is 5.25. The normalized spacial score (nSPS) is 15.4. The number of hydrogen-bond donors (Lipinski definition) is 1. The first kappa shape index (κ1) is 13.8. The Labute approximate surface area is 112 Å². The van der Waals surface area contributed by atoms with Gasteiger partial charge in [-0.25, -0.2) is 13.6 Å². The monoisotopic (exact) mass is 287 g/mol. The Morgan fingerprint density at radius 1 is 1.11 bits per heavy atom. The molecule has 2 rings (SSSR count). The molecule has 19 heavy (non-hydrogen) atoms. The van der Waals surface area contributed by atoms with E-state index < -0.39 is 29.1 Å². The van der Waals surface area contributed by atoms with Crippen molar-refractivity contribution in [1.29, 1.82) is 0 Å². The molecule has 0 bridgehead atoms. The van der Waals surface area contributed by atoms with Gasteiger partial charge >= 0.3 is 5.97 Å². The summed E-state index contributed by atoms with van der Waals surface area (Å²) in [7, 11) is 0. The number of carboxylic acid groups (broad SMARTS) is 1. The van der Waals surface area contributed by atoms with E-state index in [1.807, 2.05) is 0 Å². The molecule has 4 nitrogen and oxygen atoms in total. The molecule has 102 valence electrons. The number of amides is 1. The summed E-state index contributed by atoms with van der Waals surface area (Å²) in [4.78, 5) is 24.6. The van der Waals surface area contributed by atoms with Crippen molar-refractivity contribution in [2.75, 3.05) is 24.6 Å². The number of carboxylic acids is 1. The van der Waals surface area contributed by atoms with Crippen LogP contribution >= 0.6 is 11.8 Å². The molecule has 1 fully saturated rings. The van der Waals surface area contributed by atoms with E-state index in [1.54, 1.807) is 11.8 Å². The van der Waals surface area contributed by atoms with Gasteiger partial charge in [0, 0.05) is 24.6 Å². The van der Waals surface area contributed by atoms with Crippen molar-refractivity contribution in [3.63, 3.8) is 0 Å². The topological polar surface area (TPSA) is 57.6 Å². The zero-order valence-electron chi connectivity index (χ0n) is 9.86. The molecule has 0 aliphatic carbocycles. The van der Waals surface area contributed by atoms with E-state index in [9.17, 15) is 18.4 Å². The zero-order valence-corrected chi connectivity index (χ0v) is 10.7. The lowest BCUT2D eigenvalue weighted by molar-refractivity contribution is 0.0677. The third-order valence-corrected chi connectivity index (χ3v) is 3.76. The van der Waals surface area contributed by atoms with Crippen molar-refractivity contribution in [3.05, 3.63) is 34.9 Å². The molecule has 0 aromatic heterocycles. The Bertz CT molecular complexity index is 530. The first-order valence-electron chi connectivity index (χ1n) is 5.60. The third-order valence-electron chi connectivity index (χ3n) is 2.82. The van der Waals surface area contributed by atoms with E-state index in [2.05, 4.69) is 0 Å². The van der Waals surface area contributed by atoms with Crippen LogP contribution in [0.3, 0.4) is 0 Å². The van der Waals surface area contributed by atoms with Crippen LogP contribution in [0.1, 0.15) is 20.7 Å². The molecule has 1 aliphatic heterocycles. The maximum Gasteiger partial charge on any atom is 0.336 e. The number of halogens is 2. The number of carbonyl (C=O) groups is 2. The molecule has 0 spiro atoms. The first-order valence-corrected chi connectivity index (χ1v) is 6.75. The van der Waals surface area contributed by atoms with E-state index in [0.29, 0.717) is 25.2 Å². The van der Waals surface area contributed by atoms with Crippen molar-refractivity contribution in [2.24, 2.45) is 0 Å². The quantitative estimate of drug-likeness (QED) is 0.902. The fourth-order valence-corrected chi connectivity index (χ4v) is 2.74. The Balaban J connectivity index is 2.39. The van der Waals surface area contributed by atoms with Gasteiger partial charge in [0.1, 0.15) is 0 Å². The van der Waals surface area contributed by atoms with Crippen molar-refractivity contribution >= 4 is 23.6 Å². The van der Waals surface area contributed by atoms with Crippen molar-refractivity contribution in [2.45, 2.75) is 0 Å². The molecule has 0 unspecified atom stereocenters. The van der Waals surface area contributed by atoms with Crippen LogP contribution in [0, 0.1) is 11.6 Å². The van der Waals surface area contributed by atoms with Gasteiger partial charge in [-0.1, -0.05) is 0 Å². The summed E-state index contributed by atoms with van der Waals surface area (Å²) in [6.45, 7) is 0.948. The Kier molecular flexibility index (Phi) is 4.04. The number of aromatic carboxylic acids is 1. The fraction of sp³-hybridized carbons (Fsp3) is 0.333. The van der Waals surface area contributed by atoms with Crippen molar-refractivity contribution < 1.29 is 23.5 Å². The Morgan fingerprint density at radius 3 is 2.16 bits per heavy atom. The summed E-state index contributed by atoms with van der Waals surface area (Å²) in [5.41, 5.74) is -0.819. The van der Waals surface area contributed by atoms with Gasteiger partial charge < -0.3 is 10.0 Å². The number of carbonyl (C=O) groups excluding carboxylic acids is 1. The van der Waals surface area contributed by atoms with Crippen LogP contribution in [-0.2, 0) is 0 Å². The maximum absolute atomic E-state index is 13.2. The SMILES string of the molecule is O=C(O)c1cc(F)c(F)cc1C(=O)N1CCSCC1. The molecule has 1 aliphatic rings. The minimum Gasteiger partial charge on any atom is -0.478 e. The second kappa shape index (κ2) is 5.56. The van der Waals surface area contributed by atoms with Gasteiger partial charge in [0.05, 0.1) is 11.1 Å². The molecule has 1 aromatic rings. The lowest BCUT2D eigenvalue weighted by atomic mass is 10.1. The molecular weight excluding hydrogens is 276 g/mol. The average molecular weight is 287 g/mol. The van der Waals surface area contributed by atoms with Gasteiger partial charge in [0.15, 0.2) is 11.6 Å². The minimum absolute atomic E-state index is 0.307. The molecule has 1 heterocycles. The van der Waals surface area contributed by atoms with Crippen LogP contribution in [0.4, 0.5) is 8.78 Å². The van der Waals surface area contributed by atoms with E-state index in [4.69, 9.17) is 5.11 Å². The highest BCUT2D eigenvalue weighted by Gasteiger charge is 2.25. The molecule has 1 N–H and O–H groups in total. The van der Waals surface area contributed by atoms with Crippen LogP contribution in [0.2, 0.25) is 0 Å². The molecule has 1 saturated heterocycles. The summed E-state index contributed by atoms with van der Waals surface area (Å²) in [6.07, 6.45) is 0. The maximum atomic E-state index is 13.2. The molecule has 1 amide bonds. The third kappa shape index (κ3) is 2.86. The average Bonchev–Trinajstić information content (AvgIpc) is 2.41. The van der Waals surface area contributed by atoms with E-state index in [1.165, 1.54) is 4.90 Å². The Morgan fingerprint density at radius 2 is 1.63 bits per heavy atom. The summed E-state index contributed by atoms with van der Waals surface area (Å²) < 4.78 is 26.3. The molecule has 0 atom stereocenters. The largest absolute Gasteiger partial charge is 0.478 e. The van der Waals surface area contributed by atoms with Crippen LogP contribution in [-0.4, -0.2) is 46.5 Å². The highest BCUT2D eigenvalue weighted by Crippen LogP contribution is 2.19. The summed E-state index contributed by atoms with van der Waals surface area (Å²) in [5.74, 6) is -3.02. The first-order chi connectivity index (χ1) is 9.00. The highest BCUT2D eigenvalue weighted by molar-refractivity contribution is 7.99. The van der Waals surface area contributed by atoms with E-state index in [0.717, 1.165) is 11.5 Å². The van der Waals surface area contributed by atoms with Gasteiger partial charge in [-0.15, -0.1) is 0 Å². The summed E-state index contributed by atoms with van der Waals surface area (Å²) >= 11 is 1.68. The molecular formula is C12H11F2NO3S. The molecule has 0 saturated carbocycles. The van der Waals surface area contributed by atoms with Gasteiger partial charge in [-0.3, -0.25) is 4.79 Å². The standard InChI is InChI=1S/C12H11F2NO3S/c13-9-5-7(8(12(17)18)6-10(9)14)11(16)15-1-3-19-4-2-15/h5-6H,1-4H2,(H,17,18). The summed E-state index contributed by atoms with van der Waals surface area (Å²) in [6, 6.07) is 1.20. The van der Waals surface area contributed by atoms with Gasteiger partial charge in [0.2, 0.25) is 0 Å². The predicted octanol–water partition coefficient (Wildman–Crippen LogP) is 1.85. The van der Waals surface area contributed by atoms with Crippen LogP contribution < -0.4 is 0 Å². The lowest BCUT2D eigenvalue weighted by Gasteiger charge is -2.26. The van der Waals surface area contributed by atoms with E-state index >= 15 is 0 Å². The lowest BCUT2D eigenvalue weighted by Crippen LogP contribution is -2.38. The second-order valence-electron chi connectivity index (χ2n) is 4.02. The number of nitrogens with zero attached hydrogens (tertiary/aromatic N) is 1. The van der Waals surface area contributed by atoms with Crippen molar-refractivity contribution in [3.8, 4) is 0 Å². The minimum atomic E-state index is -1.45. The predicted molar refractivity (Wildman–Crippen MR) is 66.5 cm³/mol. The zero-order chi connectivity index (χ0) is 14.0. The number of rotatable bonds is 2. The van der Waals surface area contributed by atoms with Crippen LogP contribution in [0.25, 0.3) is 0 Å². The molecule has 0 radical (unpaired) electrons. The number of benzene rings is 1. The smallest absolute Gasteiger partial charge is 0.336 e. The summed E-state index contributed by atoms with van der Waals surface area (Å²) in [5, 5.41) is 8.96. The van der Waals surface area contributed by atoms with Crippen molar-refractivity contribution in [1.82, 2.24) is 4.90 Å². The number of hydrogen-bond acceptors (Lipinski definition) is 3. The van der Waals surface area contributed by atoms with Crippen LogP contribution in [0.5, 0.6) is 0 Å². The van der Waals surface area contributed by atoms with Gasteiger partial charge in [-0.2, -0.15) is 11.8 Å². The molecule has 7 heteroatoms. The molecule has 1 aromatic carbocycles. The number of thioether (sulfide) groups is 1. The fourth-order valence-electron chi connectivity index (χ4n) is 1.84.